The largest absolute Gasteiger partial charge is 0.478 e. The summed E-state index contributed by atoms with van der Waals surface area (Å²) in [4.78, 5) is 10.2. The molecular formula is C16H30O3. The summed E-state index contributed by atoms with van der Waals surface area (Å²) >= 11 is 0. The molecule has 19 heavy (non-hydrogen) atoms. The van der Waals surface area contributed by atoms with Crippen LogP contribution in [0.25, 0.3) is 0 Å². The van der Waals surface area contributed by atoms with Gasteiger partial charge in [0.15, 0.2) is 0 Å². The Kier molecular flexibility index (Phi) is 14.6. The normalized spacial score (nSPS) is 11.2. The molecule has 3 nitrogen and oxygen atoms in total. The van der Waals surface area contributed by atoms with Crippen molar-refractivity contribution in [2.24, 2.45) is 0 Å². The van der Waals surface area contributed by atoms with E-state index in [1.807, 2.05) is 0 Å². The fraction of sp³-hybridized carbons (Fsp3) is 0.812. The molecule has 0 spiro atoms. The van der Waals surface area contributed by atoms with E-state index in [2.05, 4.69) is 0 Å². The molecule has 0 fully saturated rings. The molecule has 112 valence electrons. The lowest BCUT2D eigenvalue weighted by molar-refractivity contribution is -0.131. The summed E-state index contributed by atoms with van der Waals surface area (Å²) in [6, 6.07) is 0. The van der Waals surface area contributed by atoms with Gasteiger partial charge in [-0.3, -0.25) is 0 Å². The van der Waals surface area contributed by atoms with Crippen molar-refractivity contribution in [2.45, 2.75) is 77.0 Å². The Bertz CT molecular complexity index is 224. The fourth-order valence-corrected chi connectivity index (χ4v) is 2.15. The van der Waals surface area contributed by atoms with E-state index in [4.69, 9.17) is 10.2 Å². The van der Waals surface area contributed by atoms with Gasteiger partial charge >= 0.3 is 5.97 Å². The highest BCUT2D eigenvalue weighted by Crippen LogP contribution is 2.11. The van der Waals surface area contributed by atoms with Gasteiger partial charge in [0.05, 0.1) is 0 Å². The summed E-state index contributed by atoms with van der Waals surface area (Å²) in [6.45, 7) is 0.335. The maximum absolute atomic E-state index is 10.2. The van der Waals surface area contributed by atoms with Gasteiger partial charge in [0.1, 0.15) is 0 Å². The summed E-state index contributed by atoms with van der Waals surface area (Å²) in [5.74, 6) is -0.848. The number of carboxylic acid groups (broad SMARTS) is 1. The first-order chi connectivity index (χ1) is 9.27. The van der Waals surface area contributed by atoms with Crippen molar-refractivity contribution in [3.63, 3.8) is 0 Å². The van der Waals surface area contributed by atoms with Crippen molar-refractivity contribution in [1.82, 2.24) is 0 Å². The van der Waals surface area contributed by atoms with Gasteiger partial charge in [-0.25, -0.2) is 4.79 Å². The molecule has 0 aromatic carbocycles. The molecule has 0 amide bonds. The molecule has 0 saturated heterocycles. The lowest BCUT2D eigenvalue weighted by Gasteiger charge is -2.02. The SMILES string of the molecule is O=C(O)/C=C\CCCCCCCCCCCCCO. The summed E-state index contributed by atoms with van der Waals surface area (Å²) < 4.78 is 0. The molecule has 0 aliphatic carbocycles. The number of aliphatic carboxylic acids is 1. The Morgan fingerprint density at radius 2 is 1.16 bits per heavy atom. The fourth-order valence-electron chi connectivity index (χ4n) is 2.15. The zero-order valence-corrected chi connectivity index (χ0v) is 12.1. The number of carbonyl (C=O) groups is 1. The minimum Gasteiger partial charge on any atom is -0.478 e. The lowest BCUT2D eigenvalue weighted by atomic mass is 10.1. The minimum absolute atomic E-state index is 0.335. The highest BCUT2D eigenvalue weighted by molar-refractivity contribution is 5.79. The monoisotopic (exact) mass is 270 g/mol. The topological polar surface area (TPSA) is 57.5 Å². The first kappa shape index (κ1) is 18.2. The van der Waals surface area contributed by atoms with Gasteiger partial charge in [-0.05, 0) is 19.3 Å². The number of unbranched alkanes of at least 4 members (excludes halogenated alkanes) is 11. The Morgan fingerprint density at radius 1 is 0.737 bits per heavy atom. The first-order valence-corrected chi connectivity index (χ1v) is 7.77. The van der Waals surface area contributed by atoms with Crippen LogP contribution in [0.2, 0.25) is 0 Å². The average molecular weight is 270 g/mol. The second-order valence-corrected chi connectivity index (χ2v) is 5.14. The maximum Gasteiger partial charge on any atom is 0.327 e. The minimum atomic E-state index is -0.848. The third-order valence-corrected chi connectivity index (χ3v) is 3.29. The van der Waals surface area contributed by atoms with Gasteiger partial charge in [-0.2, -0.15) is 0 Å². The summed E-state index contributed by atoms with van der Waals surface area (Å²) in [5, 5.41) is 17.0. The molecule has 0 aromatic rings. The van der Waals surface area contributed by atoms with Gasteiger partial charge < -0.3 is 10.2 Å². The van der Waals surface area contributed by atoms with E-state index in [0.717, 1.165) is 19.3 Å². The predicted octanol–water partition coefficient (Wildman–Crippen LogP) is 4.30. The Hall–Kier alpha value is -0.830. The van der Waals surface area contributed by atoms with Crippen LogP contribution in [-0.2, 0) is 4.79 Å². The van der Waals surface area contributed by atoms with Gasteiger partial charge in [-0.1, -0.05) is 63.9 Å². The van der Waals surface area contributed by atoms with Gasteiger partial charge in [0.25, 0.3) is 0 Å². The predicted molar refractivity (Wildman–Crippen MR) is 79.3 cm³/mol. The molecule has 0 unspecified atom stereocenters. The number of carboxylic acids is 1. The van der Waals surface area contributed by atoms with Crippen molar-refractivity contribution >= 4 is 5.97 Å². The third kappa shape index (κ3) is 17.2. The van der Waals surface area contributed by atoms with Crippen molar-refractivity contribution in [1.29, 1.82) is 0 Å². The van der Waals surface area contributed by atoms with Crippen molar-refractivity contribution in [3.05, 3.63) is 12.2 Å². The standard InChI is InChI=1S/C16H30O3/c17-15-13-11-9-7-5-3-1-2-4-6-8-10-12-14-16(18)19/h12,14,17H,1-11,13,15H2,(H,18,19)/b14-12-. The number of aliphatic hydroxyl groups excluding tert-OH is 1. The average Bonchev–Trinajstić information content (AvgIpc) is 2.39. The van der Waals surface area contributed by atoms with Crippen molar-refractivity contribution in [2.75, 3.05) is 6.61 Å². The Labute approximate surface area is 117 Å². The van der Waals surface area contributed by atoms with E-state index >= 15 is 0 Å². The molecular weight excluding hydrogens is 240 g/mol. The van der Waals surface area contributed by atoms with Crippen LogP contribution in [0.4, 0.5) is 0 Å². The zero-order chi connectivity index (χ0) is 14.2. The molecule has 3 heteroatoms. The summed E-state index contributed by atoms with van der Waals surface area (Å²) in [5.41, 5.74) is 0. The molecule has 2 N–H and O–H groups in total. The number of hydrogen-bond donors (Lipinski definition) is 2. The molecule has 0 heterocycles. The van der Waals surface area contributed by atoms with Gasteiger partial charge in [0, 0.05) is 12.7 Å². The summed E-state index contributed by atoms with van der Waals surface area (Å²) in [7, 11) is 0. The van der Waals surface area contributed by atoms with Crippen LogP contribution in [0.15, 0.2) is 12.2 Å². The highest BCUT2D eigenvalue weighted by atomic mass is 16.4. The van der Waals surface area contributed by atoms with E-state index < -0.39 is 5.97 Å². The smallest absolute Gasteiger partial charge is 0.327 e. The molecule has 0 rings (SSSR count). The first-order valence-electron chi connectivity index (χ1n) is 7.77. The van der Waals surface area contributed by atoms with E-state index in [9.17, 15) is 4.79 Å². The van der Waals surface area contributed by atoms with Crippen LogP contribution >= 0.6 is 0 Å². The molecule has 0 saturated carbocycles. The quantitative estimate of drug-likeness (QED) is 0.365. The molecule has 0 aliphatic rings. The second kappa shape index (κ2) is 15.2. The second-order valence-electron chi connectivity index (χ2n) is 5.14. The lowest BCUT2D eigenvalue weighted by Crippen LogP contribution is -1.86. The zero-order valence-electron chi connectivity index (χ0n) is 12.1. The van der Waals surface area contributed by atoms with E-state index in [0.29, 0.717) is 6.61 Å². The van der Waals surface area contributed by atoms with Crippen molar-refractivity contribution in [3.8, 4) is 0 Å². The van der Waals surface area contributed by atoms with E-state index in [1.54, 1.807) is 6.08 Å². The molecule has 0 bridgehead atoms. The molecule has 0 aromatic heterocycles. The highest BCUT2D eigenvalue weighted by Gasteiger charge is 1.93. The molecule has 0 atom stereocenters. The Morgan fingerprint density at radius 3 is 1.58 bits per heavy atom. The number of hydrogen-bond acceptors (Lipinski definition) is 2. The Balaban J connectivity index is 3.01. The number of allylic oxidation sites excluding steroid dienone is 1. The third-order valence-electron chi connectivity index (χ3n) is 3.29. The van der Waals surface area contributed by atoms with Crippen LogP contribution in [0.1, 0.15) is 77.0 Å². The van der Waals surface area contributed by atoms with E-state index in [-0.39, 0.29) is 0 Å². The number of aliphatic hydroxyl groups is 1. The van der Waals surface area contributed by atoms with Crippen molar-refractivity contribution < 1.29 is 15.0 Å². The van der Waals surface area contributed by atoms with Gasteiger partial charge in [-0.15, -0.1) is 0 Å². The van der Waals surface area contributed by atoms with Crippen LogP contribution in [-0.4, -0.2) is 22.8 Å². The van der Waals surface area contributed by atoms with Crippen LogP contribution in [0.5, 0.6) is 0 Å². The summed E-state index contributed by atoms with van der Waals surface area (Å²) in [6.07, 6.45) is 17.4. The van der Waals surface area contributed by atoms with Crippen LogP contribution in [0.3, 0.4) is 0 Å². The molecule has 0 aliphatic heterocycles. The maximum atomic E-state index is 10.2. The number of rotatable bonds is 14. The van der Waals surface area contributed by atoms with Gasteiger partial charge in [0.2, 0.25) is 0 Å². The van der Waals surface area contributed by atoms with Crippen LogP contribution in [0, 0.1) is 0 Å². The van der Waals surface area contributed by atoms with Crippen LogP contribution < -0.4 is 0 Å². The van der Waals surface area contributed by atoms with E-state index in [1.165, 1.54) is 63.9 Å². The molecule has 0 radical (unpaired) electrons.